The summed E-state index contributed by atoms with van der Waals surface area (Å²) in [6, 6.07) is 21.0. The summed E-state index contributed by atoms with van der Waals surface area (Å²) in [6.07, 6.45) is 0. The van der Waals surface area contributed by atoms with E-state index >= 15 is 0 Å². The van der Waals surface area contributed by atoms with Gasteiger partial charge in [-0.2, -0.15) is 0 Å². The van der Waals surface area contributed by atoms with E-state index in [1.807, 2.05) is 41.8 Å². The van der Waals surface area contributed by atoms with Crippen LogP contribution in [0, 0.1) is 5.82 Å². The van der Waals surface area contributed by atoms with Gasteiger partial charge in [-0.25, -0.2) is 9.07 Å². The van der Waals surface area contributed by atoms with Crippen molar-refractivity contribution < 1.29 is 23.5 Å². The monoisotopic (exact) mass is 543 g/mol. The van der Waals surface area contributed by atoms with E-state index < -0.39 is 11.9 Å². The van der Waals surface area contributed by atoms with Gasteiger partial charge in [0.2, 0.25) is 12.7 Å². The molecule has 0 bridgehead atoms. The van der Waals surface area contributed by atoms with Crippen molar-refractivity contribution >= 4 is 39.9 Å². The lowest BCUT2D eigenvalue weighted by molar-refractivity contribution is -0.140. The van der Waals surface area contributed by atoms with E-state index in [1.165, 1.54) is 33.1 Å². The Morgan fingerprint density at radius 2 is 1.85 bits per heavy atom. The van der Waals surface area contributed by atoms with Crippen LogP contribution in [0.3, 0.4) is 0 Å². The lowest BCUT2D eigenvalue weighted by Crippen LogP contribution is -2.42. The molecule has 1 aliphatic rings. The molecule has 0 radical (unpaired) electrons. The molecule has 1 aliphatic heterocycles. The smallest absolute Gasteiger partial charge is 0.252 e. The zero-order valence-corrected chi connectivity index (χ0v) is 21.3. The fourth-order valence-electron chi connectivity index (χ4n) is 4.42. The summed E-state index contributed by atoms with van der Waals surface area (Å²) in [5.74, 6) is -0.0285. The molecule has 0 aliphatic carbocycles. The summed E-state index contributed by atoms with van der Waals surface area (Å²) in [5, 5.41) is 13.1. The van der Waals surface area contributed by atoms with Gasteiger partial charge in [0.05, 0.1) is 5.52 Å². The fraction of sp³-hybridized carbons (Fsp3) is 0.143. The molecule has 9 nitrogen and oxygen atoms in total. The van der Waals surface area contributed by atoms with Crippen molar-refractivity contribution in [3.63, 3.8) is 0 Å². The van der Waals surface area contributed by atoms with Gasteiger partial charge in [0.15, 0.2) is 11.5 Å². The van der Waals surface area contributed by atoms with E-state index in [-0.39, 0.29) is 31.6 Å². The van der Waals surface area contributed by atoms with E-state index in [9.17, 15) is 14.0 Å². The Kier molecular flexibility index (Phi) is 6.64. The van der Waals surface area contributed by atoms with Crippen LogP contribution in [0.25, 0.3) is 11.0 Å². The standard InChI is InChI=1S/C28H22FN5O4S/c29-19-9-7-18(8-10-19)15-33(26(35)16-34-22-5-2-1-4-21(22)31-32-34)27(25-6-3-13-39-25)28(36)30-20-11-12-23-24(14-20)38-17-37-23/h1-14,27H,15-17H2,(H,30,36)/t27-/m0/s1. The number of fused-ring (bicyclic) bond motifs is 2. The summed E-state index contributed by atoms with van der Waals surface area (Å²) in [6.45, 7) is 0.0469. The molecular weight excluding hydrogens is 521 g/mol. The highest BCUT2D eigenvalue weighted by molar-refractivity contribution is 7.10. The Bertz CT molecular complexity index is 1640. The second-order valence-corrected chi connectivity index (χ2v) is 9.84. The Hall–Kier alpha value is -4.77. The molecule has 0 saturated carbocycles. The highest BCUT2D eigenvalue weighted by Gasteiger charge is 2.33. The van der Waals surface area contributed by atoms with Crippen molar-refractivity contribution in [2.24, 2.45) is 0 Å². The first-order valence-corrected chi connectivity index (χ1v) is 13.0. The number of ether oxygens (including phenoxy) is 2. The third-order valence-corrected chi connectivity index (χ3v) is 7.23. The summed E-state index contributed by atoms with van der Waals surface area (Å²) in [4.78, 5) is 29.9. The first kappa shape index (κ1) is 24.6. The predicted octanol–water partition coefficient (Wildman–Crippen LogP) is 4.77. The average molecular weight is 544 g/mol. The van der Waals surface area contributed by atoms with Gasteiger partial charge in [-0.1, -0.05) is 35.5 Å². The molecule has 39 heavy (non-hydrogen) atoms. The van der Waals surface area contributed by atoms with Crippen molar-refractivity contribution in [2.45, 2.75) is 19.1 Å². The quantitative estimate of drug-likeness (QED) is 0.303. The van der Waals surface area contributed by atoms with Crippen LogP contribution >= 0.6 is 11.3 Å². The topological polar surface area (TPSA) is 98.6 Å². The lowest BCUT2D eigenvalue weighted by Gasteiger charge is -2.30. The number of halogens is 1. The van der Waals surface area contributed by atoms with Gasteiger partial charge < -0.3 is 19.7 Å². The number of carbonyl (C=O) groups excluding carboxylic acids is 2. The third-order valence-electron chi connectivity index (χ3n) is 6.30. The molecule has 6 rings (SSSR count). The van der Waals surface area contributed by atoms with Gasteiger partial charge in [-0.05, 0) is 53.4 Å². The van der Waals surface area contributed by atoms with Crippen molar-refractivity contribution in [3.05, 3.63) is 101 Å². The highest BCUT2D eigenvalue weighted by atomic mass is 32.1. The zero-order chi connectivity index (χ0) is 26.8. The number of thiophene rings is 1. The molecule has 2 aromatic heterocycles. The molecule has 1 N–H and O–H groups in total. The minimum Gasteiger partial charge on any atom is -0.454 e. The molecule has 196 valence electrons. The number of anilines is 1. The molecule has 3 aromatic carbocycles. The minimum absolute atomic E-state index is 0.0723. The molecule has 0 fully saturated rings. The number of amides is 2. The molecule has 5 aromatic rings. The summed E-state index contributed by atoms with van der Waals surface area (Å²) in [5.41, 5.74) is 2.53. The number of hydrogen-bond donors (Lipinski definition) is 1. The molecule has 0 unspecified atom stereocenters. The molecule has 2 amide bonds. The SMILES string of the molecule is O=C(Nc1ccc2c(c1)OCO2)[C@H](c1cccs1)N(Cc1ccc(F)cc1)C(=O)Cn1nnc2ccccc21. The Labute approximate surface area is 226 Å². The van der Waals surface area contributed by atoms with Crippen LogP contribution in [0.1, 0.15) is 16.5 Å². The molecule has 0 spiro atoms. The van der Waals surface area contributed by atoms with Crippen molar-refractivity contribution in [2.75, 3.05) is 12.1 Å². The van der Waals surface area contributed by atoms with Gasteiger partial charge in [0.1, 0.15) is 23.9 Å². The van der Waals surface area contributed by atoms with E-state index in [2.05, 4.69) is 15.6 Å². The number of para-hydroxylation sites is 1. The van der Waals surface area contributed by atoms with Gasteiger partial charge in [-0.3, -0.25) is 9.59 Å². The lowest BCUT2D eigenvalue weighted by atomic mass is 10.1. The van der Waals surface area contributed by atoms with Gasteiger partial charge in [0, 0.05) is 23.2 Å². The third kappa shape index (κ3) is 5.16. The minimum atomic E-state index is -0.970. The maximum absolute atomic E-state index is 13.9. The van der Waals surface area contributed by atoms with Crippen LogP contribution in [0.4, 0.5) is 10.1 Å². The first-order chi connectivity index (χ1) is 19.0. The normalized spacial score (nSPS) is 12.8. The average Bonchev–Trinajstić information content (AvgIpc) is 3.71. The van der Waals surface area contributed by atoms with Crippen molar-refractivity contribution in [1.82, 2.24) is 19.9 Å². The van der Waals surface area contributed by atoms with E-state index in [1.54, 1.807) is 30.3 Å². The zero-order valence-electron chi connectivity index (χ0n) is 20.5. The maximum Gasteiger partial charge on any atom is 0.252 e. The predicted molar refractivity (Wildman–Crippen MR) is 143 cm³/mol. The molecule has 1 atom stereocenters. The number of hydrogen-bond acceptors (Lipinski definition) is 7. The number of carbonyl (C=O) groups is 2. The molecular formula is C28H22FN5O4S. The van der Waals surface area contributed by atoms with Crippen LogP contribution in [0.5, 0.6) is 11.5 Å². The number of benzene rings is 3. The second kappa shape index (κ2) is 10.5. The largest absolute Gasteiger partial charge is 0.454 e. The number of nitrogens with one attached hydrogen (secondary N) is 1. The Morgan fingerprint density at radius 1 is 1.03 bits per heavy atom. The molecule has 3 heterocycles. The second-order valence-electron chi connectivity index (χ2n) is 8.86. The summed E-state index contributed by atoms with van der Waals surface area (Å²) < 4.78 is 26.0. The van der Waals surface area contributed by atoms with Crippen LogP contribution in [0.15, 0.2) is 84.2 Å². The maximum atomic E-state index is 13.9. The highest BCUT2D eigenvalue weighted by Crippen LogP contribution is 2.35. The Morgan fingerprint density at radius 3 is 2.67 bits per heavy atom. The molecule has 11 heteroatoms. The van der Waals surface area contributed by atoms with Crippen LogP contribution in [0.2, 0.25) is 0 Å². The van der Waals surface area contributed by atoms with E-state index in [0.29, 0.717) is 38.7 Å². The van der Waals surface area contributed by atoms with Crippen LogP contribution < -0.4 is 14.8 Å². The molecule has 0 saturated heterocycles. The number of nitrogens with zero attached hydrogens (tertiary/aromatic N) is 4. The van der Waals surface area contributed by atoms with Crippen molar-refractivity contribution in [3.8, 4) is 11.5 Å². The number of rotatable bonds is 8. The van der Waals surface area contributed by atoms with Crippen LogP contribution in [-0.4, -0.2) is 38.5 Å². The first-order valence-electron chi connectivity index (χ1n) is 12.1. The van der Waals surface area contributed by atoms with Gasteiger partial charge in [0.25, 0.3) is 5.91 Å². The van der Waals surface area contributed by atoms with Crippen molar-refractivity contribution in [1.29, 1.82) is 0 Å². The summed E-state index contributed by atoms with van der Waals surface area (Å²) >= 11 is 1.37. The van der Waals surface area contributed by atoms with E-state index in [4.69, 9.17) is 9.47 Å². The van der Waals surface area contributed by atoms with Gasteiger partial charge >= 0.3 is 0 Å². The van der Waals surface area contributed by atoms with Crippen LogP contribution in [-0.2, 0) is 22.7 Å². The Balaban J connectivity index is 1.35. The van der Waals surface area contributed by atoms with Gasteiger partial charge in [-0.15, -0.1) is 16.4 Å². The summed E-state index contributed by atoms with van der Waals surface area (Å²) in [7, 11) is 0. The number of aromatic nitrogens is 3. The van der Waals surface area contributed by atoms with E-state index in [0.717, 1.165) is 0 Å². The fourth-order valence-corrected chi connectivity index (χ4v) is 5.25.